The summed E-state index contributed by atoms with van der Waals surface area (Å²) < 4.78 is 11.2. The molecular formula is C22H18N2O3. The number of hydrogen-bond acceptors (Lipinski definition) is 4. The summed E-state index contributed by atoms with van der Waals surface area (Å²) in [6, 6.07) is 25.4. The smallest absolute Gasteiger partial charge is 0.284 e. The SMILES string of the molecule is O=C(N/N=C\c1ccc(-c2ccccc2)cc1)[C@@H]1COc2ccccc2O1. The fraction of sp³-hybridized carbons (Fsp3) is 0.0909. The summed E-state index contributed by atoms with van der Waals surface area (Å²) in [5.41, 5.74) is 5.68. The predicted molar refractivity (Wildman–Crippen MR) is 104 cm³/mol. The summed E-state index contributed by atoms with van der Waals surface area (Å²) in [5.74, 6) is 0.856. The van der Waals surface area contributed by atoms with Crippen molar-refractivity contribution in [2.24, 2.45) is 5.10 Å². The summed E-state index contributed by atoms with van der Waals surface area (Å²) in [6.07, 6.45) is 0.877. The molecule has 0 aliphatic carbocycles. The van der Waals surface area contributed by atoms with Gasteiger partial charge in [0, 0.05) is 0 Å². The summed E-state index contributed by atoms with van der Waals surface area (Å²) in [5, 5.41) is 4.02. The Morgan fingerprint density at radius 3 is 2.33 bits per heavy atom. The van der Waals surface area contributed by atoms with E-state index in [0.717, 1.165) is 16.7 Å². The Balaban J connectivity index is 1.35. The van der Waals surface area contributed by atoms with Gasteiger partial charge in [0.05, 0.1) is 6.21 Å². The Labute approximate surface area is 157 Å². The lowest BCUT2D eigenvalue weighted by molar-refractivity contribution is -0.130. The van der Waals surface area contributed by atoms with Crippen LogP contribution in [0, 0.1) is 0 Å². The molecule has 27 heavy (non-hydrogen) atoms. The molecule has 5 heteroatoms. The van der Waals surface area contributed by atoms with E-state index in [1.165, 1.54) is 0 Å². The van der Waals surface area contributed by atoms with E-state index in [9.17, 15) is 4.79 Å². The number of hydrazone groups is 1. The molecule has 0 bridgehead atoms. The minimum Gasteiger partial charge on any atom is -0.485 e. The third-order valence-electron chi connectivity index (χ3n) is 4.21. The summed E-state index contributed by atoms with van der Waals surface area (Å²) in [4.78, 5) is 12.2. The molecule has 0 radical (unpaired) electrons. The van der Waals surface area contributed by atoms with Crippen molar-refractivity contribution in [3.63, 3.8) is 0 Å². The number of ether oxygens (including phenoxy) is 2. The van der Waals surface area contributed by atoms with Gasteiger partial charge in [-0.05, 0) is 28.8 Å². The van der Waals surface area contributed by atoms with Gasteiger partial charge in [0.2, 0.25) is 6.10 Å². The molecule has 1 aliphatic heterocycles. The molecule has 0 aromatic heterocycles. The van der Waals surface area contributed by atoms with Gasteiger partial charge in [-0.1, -0.05) is 66.7 Å². The predicted octanol–water partition coefficient (Wildman–Crippen LogP) is 3.64. The van der Waals surface area contributed by atoms with E-state index in [0.29, 0.717) is 11.5 Å². The third-order valence-corrected chi connectivity index (χ3v) is 4.21. The highest BCUT2D eigenvalue weighted by Gasteiger charge is 2.26. The number of fused-ring (bicyclic) bond motifs is 1. The molecule has 0 unspecified atom stereocenters. The van der Waals surface area contributed by atoms with Crippen LogP contribution in [0.4, 0.5) is 0 Å². The molecule has 0 saturated heterocycles. The quantitative estimate of drug-likeness (QED) is 0.572. The number of rotatable bonds is 4. The van der Waals surface area contributed by atoms with Gasteiger partial charge >= 0.3 is 0 Å². The van der Waals surface area contributed by atoms with Crippen LogP contribution in [-0.2, 0) is 4.79 Å². The number of hydrogen-bond donors (Lipinski definition) is 1. The second-order valence-electron chi connectivity index (χ2n) is 6.09. The molecule has 4 rings (SSSR count). The molecule has 0 saturated carbocycles. The van der Waals surface area contributed by atoms with Crippen molar-refractivity contribution in [2.75, 3.05) is 6.61 Å². The highest BCUT2D eigenvalue weighted by molar-refractivity contribution is 5.85. The summed E-state index contributed by atoms with van der Waals surface area (Å²) >= 11 is 0. The topological polar surface area (TPSA) is 59.9 Å². The number of benzene rings is 3. The van der Waals surface area contributed by atoms with Crippen molar-refractivity contribution in [2.45, 2.75) is 6.10 Å². The minimum absolute atomic E-state index is 0.157. The van der Waals surface area contributed by atoms with Crippen LogP contribution in [0.5, 0.6) is 11.5 Å². The molecule has 3 aromatic carbocycles. The van der Waals surface area contributed by atoms with Crippen molar-refractivity contribution in [1.82, 2.24) is 5.43 Å². The van der Waals surface area contributed by atoms with Crippen molar-refractivity contribution in [3.8, 4) is 22.6 Å². The van der Waals surface area contributed by atoms with Crippen LogP contribution in [0.3, 0.4) is 0 Å². The average molecular weight is 358 g/mol. The van der Waals surface area contributed by atoms with Gasteiger partial charge < -0.3 is 9.47 Å². The molecule has 134 valence electrons. The van der Waals surface area contributed by atoms with Gasteiger partial charge in [-0.15, -0.1) is 0 Å². The monoisotopic (exact) mass is 358 g/mol. The highest BCUT2D eigenvalue weighted by atomic mass is 16.6. The lowest BCUT2D eigenvalue weighted by Crippen LogP contribution is -2.42. The maximum Gasteiger partial charge on any atom is 0.284 e. The number of nitrogens with zero attached hydrogens (tertiary/aromatic N) is 1. The van der Waals surface area contributed by atoms with Crippen LogP contribution in [-0.4, -0.2) is 24.8 Å². The first kappa shape index (κ1) is 16.8. The largest absolute Gasteiger partial charge is 0.485 e. The zero-order valence-corrected chi connectivity index (χ0v) is 14.5. The van der Waals surface area contributed by atoms with E-state index in [2.05, 4.69) is 22.7 Å². The van der Waals surface area contributed by atoms with Crippen molar-refractivity contribution >= 4 is 12.1 Å². The van der Waals surface area contributed by atoms with E-state index in [4.69, 9.17) is 9.47 Å². The molecule has 0 spiro atoms. The normalized spacial score (nSPS) is 15.5. The van der Waals surface area contributed by atoms with Gasteiger partial charge in [0.15, 0.2) is 11.5 Å². The van der Waals surface area contributed by atoms with Gasteiger partial charge in [0.1, 0.15) is 6.61 Å². The Morgan fingerprint density at radius 2 is 1.56 bits per heavy atom. The second-order valence-corrected chi connectivity index (χ2v) is 6.09. The van der Waals surface area contributed by atoms with Gasteiger partial charge in [-0.3, -0.25) is 4.79 Å². The number of carbonyl (C=O) groups excluding carboxylic acids is 1. The van der Waals surface area contributed by atoms with Crippen LogP contribution in [0.25, 0.3) is 11.1 Å². The van der Waals surface area contributed by atoms with E-state index in [-0.39, 0.29) is 12.5 Å². The summed E-state index contributed by atoms with van der Waals surface area (Å²) in [6.45, 7) is 0.157. The molecule has 3 aromatic rings. The van der Waals surface area contributed by atoms with E-state index in [1.54, 1.807) is 18.3 Å². The zero-order valence-electron chi connectivity index (χ0n) is 14.5. The number of carbonyl (C=O) groups is 1. The van der Waals surface area contributed by atoms with E-state index >= 15 is 0 Å². The highest BCUT2D eigenvalue weighted by Crippen LogP contribution is 2.30. The molecule has 5 nitrogen and oxygen atoms in total. The van der Waals surface area contributed by atoms with Crippen LogP contribution in [0.15, 0.2) is 84.0 Å². The Bertz CT molecular complexity index is 953. The molecule has 1 heterocycles. The van der Waals surface area contributed by atoms with Gasteiger partial charge in [-0.2, -0.15) is 5.10 Å². The lowest BCUT2D eigenvalue weighted by atomic mass is 10.0. The first-order valence-corrected chi connectivity index (χ1v) is 8.66. The Kier molecular flexibility index (Phi) is 4.83. The molecule has 1 amide bonds. The number of amides is 1. The molecule has 1 N–H and O–H groups in total. The first-order valence-electron chi connectivity index (χ1n) is 8.66. The van der Waals surface area contributed by atoms with Crippen molar-refractivity contribution in [3.05, 3.63) is 84.4 Å². The average Bonchev–Trinajstić information content (AvgIpc) is 2.74. The second kappa shape index (κ2) is 7.74. The minimum atomic E-state index is -0.725. The first-order chi connectivity index (χ1) is 13.3. The maximum atomic E-state index is 12.2. The Hall–Kier alpha value is -3.60. The van der Waals surface area contributed by atoms with E-state index < -0.39 is 6.10 Å². The molecular weight excluding hydrogens is 340 g/mol. The van der Waals surface area contributed by atoms with Crippen molar-refractivity contribution < 1.29 is 14.3 Å². The standard InChI is InChI=1S/C22H18N2O3/c25-22(21-15-26-19-8-4-5-9-20(19)27-21)24-23-14-16-10-12-18(13-11-16)17-6-2-1-3-7-17/h1-14,21H,15H2,(H,24,25)/b23-14-/t21-/m0/s1. The number of para-hydroxylation sites is 2. The number of nitrogens with one attached hydrogen (secondary N) is 1. The van der Waals surface area contributed by atoms with Crippen LogP contribution < -0.4 is 14.9 Å². The zero-order chi connectivity index (χ0) is 18.5. The van der Waals surface area contributed by atoms with E-state index in [1.807, 2.05) is 54.6 Å². The molecule has 1 aliphatic rings. The molecule has 0 fully saturated rings. The van der Waals surface area contributed by atoms with Crippen LogP contribution in [0.1, 0.15) is 5.56 Å². The fourth-order valence-corrected chi connectivity index (χ4v) is 2.78. The summed E-state index contributed by atoms with van der Waals surface area (Å²) in [7, 11) is 0. The maximum absolute atomic E-state index is 12.2. The van der Waals surface area contributed by atoms with Crippen LogP contribution >= 0.6 is 0 Å². The fourth-order valence-electron chi connectivity index (χ4n) is 2.78. The van der Waals surface area contributed by atoms with Crippen molar-refractivity contribution in [1.29, 1.82) is 0 Å². The van der Waals surface area contributed by atoms with Crippen LogP contribution in [0.2, 0.25) is 0 Å². The lowest BCUT2D eigenvalue weighted by Gasteiger charge is -2.24. The molecule has 1 atom stereocenters. The van der Waals surface area contributed by atoms with Gasteiger partial charge in [0.25, 0.3) is 5.91 Å². The Morgan fingerprint density at radius 1 is 0.889 bits per heavy atom. The van der Waals surface area contributed by atoms with Gasteiger partial charge in [-0.25, -0.2) is 5.43 Å². The third kappa shape index (κ3) is 3.98.